The van der Waals surface area contributed by atoms with E-state index in [0.717, 1.165) is 5.56 Å². The Hall–Kier alpha value is -1.19. The van der Waals surface area contributed by atoms with Gasteiger partial charge in [0, 0.05) is 6.42 Å². The molecule has 2 unspecified atom stereocenters. The zero-order valence-corrected chi connectivity index (χ0v) is 7.72. The standard InChI is InChI=1S/C11H12O3/c12-9-6-10(14-11(13)7-9)8-4-2-1-3-5-8/h1-5,10-11,13H,6-7H2. The second-order valence-electron chi connectivity index (χ2n) is 3.44. The number of aliphatic hydroxyl groups excluding tert-OH is 1. The minimum atomic E-state index is -0.943. The van der Waals surface area contributed by atoms with Gasteiger partial charge in [-0.05, 0) is 5.56 Å². The number of hydrogen-bond donors (Lipinski definition) is 1. The molecule has 1 heterocycles. The van der Waals surface area contributed by atoms with Gasteiger partial charge in [-0.25, -0.2) is 0 Å². The molecule has 2 atom stereocenters. The Morgan fingerprint density at radius 2 is 1.93 bits per heavy atom. The number of carbonyl (C=O) groups excluding carboxylic acids is 1. The van der Waals surface area contributed by atoms with Gasteiger partial charge in [-0.15, -0.1) is 0 Å². The van der Waals surface area contributed by atoms with E-state index < -0.39 is 6.29 Å². The molecule has 1 fully saturated rings. The first-order valence-electron chi connectivity index (χ1n) is 4.66. The van der Waals surface area contributed by atoms with Crippen molar-refractivity contribution in [1.29, 1.82) is 0 Å². The van der Waals surface area contributed by atoms with Crippen LogP contribution in [0.1, 0.15) is 24.5 Å². The van der Waals surface area contributed by atoms with Gasteiger partial charge in [0.25, 0.3) is 0 Å². The molecule has 0 aromatic heterocycles. The number of benzene rings is 1. The number of ether oxygens (including phenoxy) is 1. The molecular formula is C11H12O3. The summed E-state index contributed by atoms with van der Waals surface area (Å²) in [7, 11) is 0. The van der Waals surface area contributed by atoms with Gasteiger partial charge >= 0.3 is 0 Å². The molecule has 1 aliphatic heterocycles. The molecule has 1 N–H and O–H groups in total. The number of carbonyl (C=O) groups is 1. The lowest BCUT2D eigenvalue weighted by atomic mass is 10.0. The lowest BCUT2D eigenvalue weighted by Crippen LogP contribution is -2.27. The van der Waals surface area contributed by atoms with Crippen LogP contribution >= 0.6 is 0 Å². The van der Waals surface area contributed by atoms with Crippen LogP contribution in [-0.2, 0) is 9.53 Å². The highest BCUT2D eigenvalue weighted by molar-refractivity contribution is 5.80. The molecule has 1 aliphatic rings. The quantitative estimate of drug-likeness (QED) is 0.732. The maximum Gasteiger partial charge on any atom is 0.162 e. The smallest absolute Gasteiger partial charge is 0.162 e. The Morgan fingerprint density at radius 3 is 2.57 bits per heavy atom. The van der Waals surface area contributed by atoms with E-state index in [1.165, 1.54) is 0 Å². The topological polar surface area (TPSA) is 46.5 Å². The van der Waals surface area contributed by atoms with Crippen molar-refractivity contribution in [3.05, 3.63) is 35.9 Å². The predicted molar refractivity (Wildman–Crippen MR) is 50.5 cm³/mol. The summed E-state index contributed by atoms with van der Waals surface area (Å²) in [6.07, 6.45) is -0.751. The second-order valence-corrected chi connectivity index (χ2v) is 3.44. The van der Waals surface area contributed by atoms with E-state index in [0.29, 0.717) is 6.42 Å². The van der Waals surface area contributed by atoms with E-state index in [9.17, 15) is 9.90 Å². The normalized spacial score (nSPS) is 27.6. The summed E-state index contributed by atoms with van der Waals surface area (Å²) in [5.74, 6) is 0.0533. The van der Waals surface area contributed by atoms with Crippen molar-refractivity contribution in [3.8, 4) is 0 Å². The van der Waals surface area contributed by atoms with Crippen molar-refractivity contribution in [2.24, 2.45) is 0 Å². The largest absolute Gasteiger partial charge is 0.368 e. The van der Waals surface area contributed by atoms with E-state index in [1.54, 1.807) is 0 Å². The SMILES string of the molecule is O=C1CC(O)OC(c2ccccc2)C1. The van der Waals surface area contributed by atoms with Gasteiger partial charge in [0.15, 0.2) is 6.29 Å². The van der Waals surface area contributed by atoms with Crippen LogP contribution in [0.5, 0.6) is 0 Å². The molecule has 2 rings (SSSR count). The van der Waals surface area contributed by atoms with Crippen LogP contribution in [0.4, 0.5) is 0 Å². The first-order valence-corrected chi connectivity index (χ1v) is 4.66. The predicted octanol–water partition coefficient (Wildman–Crippen LogP) is 1.43. The van der Waals surface area contributed by atoms with Crippen molar-refractivity contribution in [3.63, 3.8) is 0 Å². The van der Waals surface area contributed by atoms with Crippen molar-refractivity contribution in [2.45, 2.75) is 25.2 Å². The van der Waals surface area contributed by atoms with Crippen LogP contribution in [0.2, 0.25) is 0 Å². The molecule has 1 aromatic rings. The summed E-state index contributed by atoms with van der Waals surface area (Å²) in [5.41, 5.74) is 0.944. The highest BCUT2D eigenvalue weighted by atomic mass is 16.6. The molecule has 14 heavy (non-hydrogen) atoms. The molecule has 3 heteroatoms. The fourth-order valence-corrected chi connectivity index (χ4v) is 1.63. The fraction of sp³-hybridized carbons (Fsp3) is 0.364. The Labute approximate surface area is 82.3 Å². The summed E-state index contributed by atoms with van der Waals surface area (Å²) in [5, 5.41) is 9.27. The number of Topliss-reactive ketones (excluding diaryl/α,β-unsaturated/α-hetero) is 1. The van der Waals surface area contributed by atoms with Crippen LogP contribution in [0.3, 0.4) is 0 Å². The van der Waals surface area contributed by atoms with Crippen LogP contribution in [0.25, 0.3) is 0 Å². The molecular weight excluding hydrogens is 180 g/mol. The third-order valence-electron chi connectivity index (χ3n) is 2.31. The van der Waals surface area contributed by atoms with Crippen LogP contribution in [-0.4, -0.2) is 17.2 Å². The third kappa shape index (κ3) is 2.00. The molecule has 0 aliphatic carbocycles. The first-order chi connectivity index (χ1) is 6.75. The molecule has 0 saturated carbocycles. The highest BCUT2D eigenvalue weighted by Gasteiger charge is 2.27. The number of hydrogen-bond acceptors (Lipinski definition) is 3. The average molecular weight is 192 g/mol. The second kappa shape index (κ2) is 3.90. The van der Waals surface area contributed by atoms with Gasteiger partial charge < -0.3 is 9.84 Å². The maximum atomic E-state index is 11.2. The summed E-state index contributed by atoms with van der Waals surface area (Å²) in [4.78, 5) is 11.2. The minimum Gasteiger partial charge on any atom is -0.368 e. The summed E-state index contributed by atoms with van der Waals surface area (Å²) in [6.45, 7) is 0. The van der Waals surface area contributed by atoms with Gasteiger partial charge in [0.05, 0.1) is 12.5 Å². The van der Waals surface area contributed by atoms with Crippen LogP contribution in [0, 0.1) is 0 Å². The van der Waals surface area contributed by atoms with E-state index in [2.05, 4.69) is 0 Å². The highest BCUT2D eigenvalue weighted by Crippen LogP contribution is 2.27. The van der Waals surface area contributed by atoms with Gasteiger partial charge in [0.1, 0.15) is 5.78 Å². The maximum absolute atomic E-state index is 11.2. The molecule has 74 valence electrons. The average Bonchev–Trinajstić information content (AvgIpc) is 2.18. The van der Waals surface area contributed by atoms with Crippen molar-refractivity contribution in [1.82, 2.24) is 0 Å². The first kappa shape index (κ1) is 9.37. The number of aliphatic hydroxyl groups is 1. The molecule has 0 radical (unpaired) electrons. The molecule has 1 aromatic carbocycles. The summed E-state index contributed by atoms with van der Waals surface area (Å²) in [6, 6.07) is 9.49. The van der Waals surface area contributed by atoms with Gasteiger partial charge in [0.2, 0.25) is 0 Å². The van der Waals surface area contributed by atoms with Gasteiger partial charge in [-0.1, -0.05) is 30.3 Å². The Balaban J connectivity index is 2.15. The van der Waals surface area contributed by atoms with E-state index in [4.69, 9.17) is 4.74 Å². The van der Waals surface area contributed by atoms with E-state index in [-0.39, 0.29) is 18.3 Å². The monoisotopic (exact) mass is 192 g/mol. The van der Waals surface area contributed by atoms with E-state index in [1.807, 2.05) is 30.3 Å². The minimum absolute atomic E-state index is 0.0533. The molecule has 1 saturated heterocycles. The lowest BCUT2D eigenvalue weighted by molar-refractivity contribution is -0.174. The summed E-state index contributed by atoms with van der Waals surface area (Å²) < 4.78 is 5.28. The van der Waals surface area contributed by atoms with Crippen molar-refractivity contribution in [2.75, 3.05) is 0 Å². The van der Waals surface area contributed by atoms with Crippen LogP contribution in [0.15, 0.2) is 30.3 Å². The van der Waals surface area contributed by atoms with Crippen molar-refractivity contribution >= 4 is 5.78 Å². The fourth-order valence-electron chi connectivity index (χ4n) is 1.63. The number of ketones is 1. The van der Waals surface area contributed by atoms with Crippen molar-refractivity contribution < 1.29 is 14.6 Å². The van der Waals surface area contributed by atoms with Gasteiger partial charge in [-0.2, -0.15) is 0 Å². The van der Waals surface area contributed by atoms with E-state index >= 15 is 0 Å². The lowest BCUT2D eigenvalue weighted by Gasteiger charge is -2.26. The zero-order chi connectivity index (χ0) is 9.97. The Kier molecular flexibility index (Phi) is 2.61. The molecule has 0 spiro atoms. The number of rotatable bonds is 1. The molecule has 0 amide bonds. The molecule has 0 bridgehead atoms. The Bertz CT molecular complexity index is 321. The van der Waals surface area contributed by atoms with Crippen LogP contribution < -0.4 is 0 Å². The summed E-state index contributed by atoms with van der Waals surface area (Å²) >= 11 is 0. The van der Waals surface area contributed by atoms with Gasteiger partial charge in [-0.3, -0.25) is 4.79 Å². The third-order valence-corrected chi connectivity index (χ3v) is 2.31. The molecule has 3 nitrogen and oxygen atoms in total. The Morgan fingerprint density at radius 1 is 1.21 bits per heavy atom. The zero-order valence-electron chi connectivity index (χ0n) is 7.72.